The molecular weight excluding hydrogens is 372 g/mol. The summed E-state index contributed by atoms with van der Waals surface area (Å²) >= 11 is 0. The van der Waals surface area contributed by atoms with Crippen molar-refractivity contribution in [2.45, 2.75) is 40.3 Å². The maximum absolute atomic E-state index is 13.1. The SMILES string of the molecule is CC(C)CN(CC(C)C)CC(O)Cn1cc(-c2ccccc2)c2ccccc2c1=O. The lowest BCUT2D eigenvalue weighted by molar-refractivity contribution is 0.0854. The molecule has 0 bridgehead atoms. The maximum atomic E-state index is 13.1. The number of pyridine rings is 1. The van der Waals surface area contributed by atoms with Gasteiger partial charge < -0.3 is 14.6 Å². The monoisotopic (exact) mass is 406 g/mol. The molecule has 3 aromatic rings. The second-order valence-corrected chi connectivity index (χ2v) is 9.07. The molecule has 30 heavy (non-hydrogen) atoms. The molecule has 1 N–H and O–H groups in total. The molecule has 2 aromatic carbocycles. The fourth-order valence-corrected chi connectivity index (χ4v) is 4.17. The lowest BCUT2D eigenvalue weighted by Crippen LogP contribution is -2.40. The summed E-state index contributed by atoms with van der Waals surface area (Å²) in [5.74, 6) is 1.06. The molecular formula is C26H34N2O2. The van der Waals surface area contributed by atoms with Gasteiger partial charge in [0.2, 0.25) is 0 Å². The van der Waals surface area contributed by atoms with Crippen LogP contribution >= 0.6 is 0 Å². The van der Waals surface area contributed by atoms with E-state index in [0.29, 0.717) is 23.8 Å². The second-order valence-electron chi connectivity index (χ2n) is 9.07. The predicted octanol–water partition coefficient (Wildman–Crippen LogP) is 4.64. The summed E-state index contributed by atoms with van der Waals surface area (Å²) in [4.78, 5) is 15.4. The summed E-state index contributed by atoms with van der Waals surface area (Å²) in [6, 6.07) is 17.8. The van der Waals surface area contributed by atoms with Gasteiger partial charge in [0.05, 0.1) is 12.6 Å². The summed E-state index contributed by atoms with van der Waals surface area (Å²) in [7, 11) is 0. The van der Waals surface area contributed by atoms with E-state index < -0.39 is 6.10 Å². The summed E-state index contributed by atoms with van der Waals surface area (Å²) in [6.07, 6.45) is 1.29. The Bertz CT molecular complexity index is 998. The molecule has 1 heterocycles. The molecule has 0 saturated heterocycles. The van der Waals surface area contributed by atoms with Gasteiger partial charge in [-0.3, -0.25) is 4.79 Å². The lowest BCUT2D eigenvalue weighted by Gasteiger charge is -2.28. The minimum absolute atomic E-state index is 0.0522. The van der Waals surface area contributed by atoms with Gasteiger partial charge in [0, 0.05) is 36.8 Å². The van der Waals surface area contributed by atoms with Crippen molar-refractivity contribution in [2.24, 2.45) is 11.8 Å². The van der Waals surface area contributed by atoms with Crippen LogP contribution in [0, 0.1) is 11.8 Å². The minimum atomic E-state index is -0.606. The smallest absolute Gasteiger partial charge is 0.258 e. The Labute approximate surface area is 179 Å². The number of rotatable bonds is 9. The minimum Gasteiger partial charge on any atom is -0.390 e. The Morgan fingerprint density at radius 2 is 1.40 bits per heavy atom. The molecule has 0 spiro atoms. The third kappa shape index (κ3) is 5.59. The number of hydrogen-bond donors (Lipinski definition) is 1. The van der Waals surface area contributed by atoms with Gasteiger partial charge >= 0.3 is 0 Å². The number of hydrogen-bond acceptors (Lipinski definition) is 3. The van der Waals surface area contributed by atoms with Crippen LogP contribution in [-0.2, 0) is 6.54 Å². The van der Waals surface area contributed by atoms with Gasteiger partial charge in [0.25, 0.3) is 5.56 Å². The Hall–Kier alpha value is -2.43. The third-order valence-corrected chi connectivity index (χ3v) is 5.20. The van der Waals surface area contributed by atoms with Crippen LogP contribution in [0.2, 0.25) is 0 Å². The van der Waals surface area contributed by atoms with Crippen molar-refractivity contribution in [3.05, 3.63) is 71.1 Å². The topological polar surface area (TPSA) is 45.5 Å². The Kier molecular flexibility index (Phi) is 7.46. The standard InChI is InChI=1S/C26H34N2O2/c1-19(2)14-27(15-20(3)4)16-22(29)17-28-18-25(21-10-6-5-7-11-21)23-12-8-9-13-24(23)26(28)30/h5-13,18-20,22,29H,14-17H2,1-4H3. The van der Waals surface area contributed by atoms with Crippen LogP contribution in [-0.4, -0.2) is 40.3 Å². The van der Waals surface area contributed by atoms with Crippen LogP contribution in [0.4, 0.5) is 0 Å². The van der Waals surface area contributed by atoms with Crippen molar-refractivity contribution < 1.29 is 5.11 Å². The molecule has 0 aliphatic carbocycles. The zero-order valence-electron chi connectivity index (χ0n) is 18.6. The molecule has 4 heteroatoms. The highest BCUT2D eigenvalue weighted by Crippen LogP contribution is 2.26. The average molecular weight is 407 g/mol. The first-order chi connectivity index (χ1) is 14.3. The lowest BCUT2D eigenvalue weighted by atomic mass is 10.0. The number of fused-ring (bicyclic) bond motifs is 1. The maximum Gasteiger partial charge on any atom is 0.258 e. The van der Waals surface area contributed by atoms with E-state index in [1.807, 2.05) is 48.7 Å². The molecule has 0 fully saturated rings. The van der Waals surface area contributed by atoms with Crippen molar-refractivity contribution in [2.75, 3.05) is 19.6 Å². The molecule has 4 nitrogen and oxygen atoms in total. The average Bonchev–Trinajstić information content (AvgIpc) is 2.69. The van der Waals surface area contributed by atoms with E-state index >= 15 is 0 Å². The quantitative estimate of drug-likeness (QED) is 0.563. The van der Waals surface area contributed by atoms with Crippen molar-refractivity contribution in [3.63, 3.8) is 0 Å². The third-order valence-electron chi connectivity index (χ3n) is 5.20. The van der Waals surface area contributed by atoms with Gasteiger partial charge in [-0.15, -0.1) is 0 Å². The normalized spacial score (nSPS) is 12.9. The summed E-state index contributed by atoms with van der Waals surface area (Å²) in [6.45, 7) is 11.5. The van der Waals surface area contributed by atoms with E-state index in [1.54, 1.807) is 4.57 Å². The van der Waals surface area contributed by atoms with E-state index in [1.165, 1.54) is 0 Å². The number of aliphatic hydroxyl groups excluding tert-OH is 1. The van der Waals surface area contributed by atoms with Crippen molar-refractivity contribution >= 4 is 10.8 Å². The molecule has 0 amide bonds. The van der Waals surface area contributed by atoms with Crippen LogP contribution in [0.15, 0.2) is 65.6 Å². The molecule has 160 valence electrons. The van der Waals surface area contributed by atoms with Crippen LogP contribution in [0.25, 0.3) is 21.9 Å². The fourth-order valence-electron chi connectivity index (χ4n) is 4.17. The molecule has 0 aliphatic rings. The summed E-state index contributed by atoms with van der Waals surface area (Å²) < 4.78 is 1.68. The van der Waals surface area contributed by atoms with E-state index in [2.05, 4.69) is 44.7 Å². The van der Waals surface area contributed by atoms with Gasteiger partial charge in [-0.05, 0) is 28.9 Å². The van der Waals surface area contributed by atoms with Crippen LogP contribution in [0.3, 0.4) is 0 Å². The second kappa shape index (κ2) is 10.1. The molecule has 1 unspecified atom stereocenters. The first-order valence-electron chi connectivity index (χ1n) is 10.9. The molecule has 1 aromatic heterocycles. The molecule has 0 aliphatic heterocycles. The van der Waals surface area contributed by atoms with Crippen LogP contribution in [0.1, 0.15) is 27.7 Å². The Balaban J connectivity index is 1.92. The van der Waals surface area contributed by atoms with Crippen molar-refractivity contribution in [1.29, 1.82) is 0 Å². The van der Waals surface area contributed by atoms with Crippen molar-refractivity contribution in [3.8, 4) is 11.1 Å². The first kappa shape index (κ1) is 22.3. The Morgan fingerprint density at radius 1 is 0.833 bits per heavy atom. The number of benzene rings is 2. The highest BCUT2D eigenvalue weighted by atomic mass is 16.3. The predicted molar refractivity (Wildman–Crippen MR) is 126 cm³/mol. The molecule has 1 atom stereocenters. The largest absolute Gasteiger partial charge is 0.390 e. The number of aromatic nitrogens is 1. The van der Waals surface area contributed by atoms with Gasteiger partial charge in [-0.2, -0.15) is 0 Å². The zero-order chi connectivity index (χ0) is 21.7. The van der Waals surface area contributed by atoms with Crippen LogP contribution < -0.4 is 5.56 Å². The number of nitrogens with zero attached hydrogens (tertiary/aromatic N) is 2. The zero-order valence-corrected chi connectivity index (χ0v) is 18.6. The summed E-state index contributed by atoms with van der Waals surface area (Å²) in [5, 5.41) is 12.5. The van der Waals surface area contributed by atoms with E-state index in [-0.39, 0.29) is 12.1 Å². The van der Waals surface area contributed by atoms with Gasteiger partial charge in [-0.25, -0.2) is 0 Å². The summed E-state index contributed by atoms with van der Waals surface area (Å²) in [5.41, 5.74) is 2.03. The highest BCUT2D eigenvalue weighted by molar-refractivity contribution is 5.95. The van der Waals surface area contributed by atoms with Crippen LogP contribution in [0.5, 0.6) is 0 Å². The van der Waals surface area contributed by atoms with Gasteiger partial charge in [0.1, 0.15) is 0 Å². The number of aliphatic hydroxyl groups is 1. The molecule has 3 rings (SSSR count). The Morgan fingerprint density at radius 3 is 2.00 bits per heavy atom. The fraction of sp³-hybridized carbons (Fsp3) is 0.423. The van der Waals surface area contributed by atoms with E-state index in [9.17, 15) is 9.90 Å². The highest BCUT2D eigenvalue weighted by Gasteiger charge is 2.17. The first-order valence-corrected chi connectivity index (χ1v) is 10.9. The van der Waals surface area contributed by atoms with E-state index in [4.69, 9.17) is 0 Å². The van der Waals surface area contributed by atoms with Crippen molar-refractivity contribution in [1.82, 2.24) is 9.47 Å². The molecule has 0 saturated carbocycles. The van der Waals surface area contributed by atoms with E-state index in [0.717, 1.165) is 29.6 Å². The van der Waals surface area contributed by atoms with Gasteiger partial charge in [0.15, 0.2) is 0 Å². The molecule has 0 radical (unpaired) electrons. The van der Waals surface area contributed by atoms with Gasteiger partial charge in [-0.1, -0.05) is 76.2 Å².